The molecule has 1 heterocycles. The van der Waals surface area contributed by atoms with Crippen LogP contribution in [0.4, 0.5) is 17.1 Å². The van der Waals surface area contributed by atoms with Gasteiger partial charge in [-0.05, 0) is 52.8 Å². The number of hydrogen-bond acceptors (Lipinski definition) is 8. The van der Waals surface area contributed by atoms with Gasteiger partial charge in [-0.2, -0.15) is 4.37 Å². The number of benzene rings is 2. The fourth-order valence-corrected chi connectivity index (χ4v) is 4.63. The van der Waals surface area contributed by atoms with Crippen molar-refractivity contribution in [2.45, 2.75) is 25.8 Å². The van der Waals surface area contributed by atoms with Crippen LogP contribution in [0, 0.1) is 0 Å². The van der Waals surface area contributed by atoms with Crippen LogP contribution in [0.3, 0.4) is 0 Å². The lowest BCUT2D eigenvalue weighted by Crippen LogP contribution is -2.44. The maximum absolute atomic E-state index is 14.1. The molecule has 11 heteroatoms. The Balaban J connectivity index is 2.19. The largest absolute Gasteiger partial charge is 0.395 e. The van der Waals surface area contributed by atoms with Gasteiger partial charge in [0.1, 0.15) is 10.9 Å². The molecule has 0 spiro atoms. The predicted octanol–water partition coefficient (Wildman–Crippen LogP) is 3.16. The second-order valence-corrected chi connectivity index (χ2v) is 10.0. The fraction of sp³-hybridized carbons (Fsp3) is 0.333. The Hall–Kier alpha value is -3.96. The van der Waals surface area contributed by atoms with E-state index in [1.165, 1.54) is 4.90 Å². The first kappa shape index (κ1) is 28.6. The minimum absolute atomic E-state index is 0.0198. The van der Waals surface area contributed by atoms with Gasteiger partial charge >= 0.3 is 0 Å². The Kier molecular flexibility index (Phi) is 9.43. The van der Waals surface area contributed by atoms with Crippen molar-refractivity contribution >= 4 is 46.3 Å². The lowest BCUT2D eigenvalue weighted by atomic mass is 10.00. The molecule has 3 aromatic rings. The third kappa shape index (κ3) is 6.29. The quantitative estimate of drug-likeness (QED) is 0.318. The number of aromatic nitrogens is 1. The molecule has 0 aliphatic rings. The highest BCUT2D eigenvalue weighted by Crippen LogP contribution is 2.34. The number of carbonyl (C=O) groups is 3. The highest BCUT2D eigenvalue weighted by Gasteiger charge is 2.36. The first-order valence-electron chi connectivity index (χ1n) is 12.1. The van der Waals surface area contributed by atoms with Crippen molar-refractivity contribution in [3.63, 3.8) is 0 Å². The normalized spacial score (nSPS) is 11.7. The highest BCUT2D eigenvalue weighted by molar-refractivity contribution is 7.09. The van der Waals surface area contributed by atoms with E-state index in [1.807, 2.05) is 55.4 Å². The minimum atomic E-state index is -1.06. The van der Waals surface area contributed by atoms with Crippen LogP contribution in [0.2, 0.25) is 0 Å². The second-order valence-electron chi connectivity index (χ2n) is 9.23. The first-order valence-corrected chi connectivity index (χ1v) is 12.9. The molecule has 0 bridgehead atoms. The zero-order valence-corrected chi connectivity index (χ0v) is 23.0. The van der Waals surface area contributed by atoms with Gasteiger partial charge in [-0.1, -0.05) is 38.1 Å². The Bertz CT molecular complexity index is 1270. The van der Waals surface area contributed by atoms with Crippen molar-refractivity contribution in [1.29, 1.82) is 0 Å². The summed E-state index contributed by atoms with van der Waals surface area (Å²) in [6, 6.07) is 13.7. The van der Waals surface area contributed by atoms with E-state index >= 15 is 0 Å². The second kappa shape index (κ2) is 12.5. The smallest absolute Gasteiger partial charge is 0.273 e. The molecule has 0 fully saturated rings. The molecule has 0 aliphatic carbocycles. The summed E-state index contributed by atoms with van der Waals surface area (Å²) >= 11 is 0.770. The summed E-state index contributed by atoms with van der Waals surface area (Å²) in [4.78, 5) is 42.9. The molecule has 3 amide bonds. The van der Waals surface area contributed by atoms with Crippen LogP contribution in [0.15, 0.2) is 48.5 Å². The van der Waals surface area contributed by atoms with Gasteiger partial charge in [0.2, 0.25) is 5.91 Å². The van der Waals surface area contributed by atoms with Crippen molar-refractivity contribution in [2.75, 3.05) is 49.9 Å². The lowest BCUT2D eigenvalue weighted by Gasteiger charge is -2.31. The van der Waals surface area contributed by atoms with Crippen molar-refractivity contribution in [3.8, 4) is 0 Å². The molecule has 1 atom stereocenters. The van der Waals surface area contributed by atoms with E-state index in [1.54, 1.807) is 19.2 Å². The summed E-state index contributed by atoms with van der Waals surface area (Å²) in [7, 11) is 5.37. The molecule has 38 heavy (non-hydrogen) atoms. The van der Waals surface area contributed by atoms with Crippen LogP contribution in [0.25, 0.3) is 0 Å². The van der Waals surface area contributed by atoms with Gasteiger partial charge in [0.05, 0.1) is 12.3 Å². The zero-order chi connectivity index (χ0) is 28.0. The molecule has 5 N–H and O–H groups in total. The molecule has 0 unspecified atom stereocenters. The first-order chi connectivity index (χ1) is 18.1. The molecule has 1 aromatic heterocycles. The Morgan fingerprint density at radius 3 is 2.08 bits per heavy atom. The Morgan fingerprint density at radius 1 is 1.00 bits per heavy atom. The van der Waals surface area contributed by atoms with Gasteiger partial charge in [-0.3, -0.25) is 19.3 Å². The molecule has 0 radical (unpaired) electrons. The number of nitrogens with zero attached hydrogens (tertiary/aromatic N) is 3. The lowest BCUT2D eigenvalue weighted by molar-refractivity contribution is -0.122. The number of rotatable bonds is 11. The molecule has 2 aromatic carbocycles. The maximum atomic E-state index is 14.1. The number of nitrogens with two attached hydrogens (primary N) is 2. The van der Waals surface area contributed by atoms with E-state index in [2.05, 4.69) is 23.5 Å². The van der Waals surface area contributed by atoms with Crippen LogP contribution in [-0.4, -0.2) is 56.5 Å². The van der Waals surface area contributed by atoms with Crippen LogP contribution in [0.1, 0.15) is 57.1 Å². The van der Waals surface area contributed by atoms with Crippen molar-refractivity contribution in [2.24, 2.45) is 5.73 Å². The SMILES string of the molecule is COCCNC(=O)[C@@H](c1ccc(N(C)C)cc1)N(C(=O)c1snc(C(N)=O)c1N)c1ccc(C(C)C)cc1. The van der Waals surface area contributed by atoms with Crippen LogP contribution >= 0.6 is 11.5 Å². The zero-order valence-electron chi connectivity index (χ0n) is 22.2. The van der Waals surface area contributed by atoms with Crippen LogP contribution in [0.5, 0.6) is 0 Å². The average Bonchev–Trinajstić information content (AvgIpc) is 3.28. The number of anilines is 3. The standard InChI is InChI=1S/C27H34N6O4S/c1-16(2)17-6-12-20(13-7-17)33(27(36)24-21(28)22(25(29)34)31-38-24)23(26(35)30-14-15-37-5)18-8-10-19(11-9-18)32(3)4/h6-13,16,23H,14-15,28H2,1-5H3,(H2,29,34)(H,30,35)/t23-/m1/s1. The Labute approximate surface area is 226 Å². The van der Waals surface area contributed by atoms with Crippen molar-refractivity contribution < 1.29 is 19.1 Å². The third-order valence-electron chi connectivity index (χ3n) is 6.05. The fourth-order valence-electron chi connectivity index (χ4n) is 3.89. The molecular weight excluding hydrogens is 504 g/mol. The number of carbonyl (C=O) groups excluding carboxylic acids is 3. The van der Waals surface area contributed by atoms with E-state index in [0.717, 1.165) is 22.8 Å². The Morgan fingerprint density at radius 2 is 1.58 bits per heavy atom. The van der Waals surface area contributed by atoms with E-state index in [9.17, 15) is 14.4 Å². The number of amides is 3. The molecule has 202 valence electrons. The van der Waals surface area contributed by atoms with Crippen LogP contribution in [-0.2, 0) is 9.53 Å². The van der Waals surface area contributed by atoms with Gasteiger partial charge < -0.3 is 26.4 Å². The van der Waals surface area contributed by atoms with Crippen LogP contribution < -0.4 is 26.6 Å². The number of ether oxygens (including phenoxy) is 1. The van der Waals surface area contributed by atoms with Crippen molar-refractivity contribution in [1.82, 2.24) is 9.69 Å². The molecule has 10 nitrogen and oxygen atoms in total. The monoisotopic (exact) mass is 538 g/mol. The van der Waals surface area contributed by atoms with E-state index in [4.69, 9.17) is 16.2 Å². The summed E-state index contributed by atoms with van der Waals surface area (Å²) in [5, 5.41) is 2.86. The van der Waals surface area contributed by atoms with Gasteiger partial charge in [-0.15, -0.1) is 0 Å². The molecule has 0 aliphatic heterocycles. The number of primary amides is 1. The average molecular weight is 539 g/mol. The summed E-state index contributed by atoms with van der Waals surface area (Å²) in [5.41, 5.74) is 14.3. The van der Waals surface area contributed by atoms with E-state index in [0.29, 0.717) is 17.9 Å². The number of nitrogen functional groups attached to an aromatic ring is 1. The molecular formula is C27H34N6O4S. The summed E-state index contributed by atoms with van der Waals surface area (Å²) in [6.07, 6.45) is 0. The topological polar surface area (TPSA) is 144 Å². The summed E-state index contributed by atoms with van der Waals surface area (Å²) in [5.74, 6) is -1.54. The third-order valence-corrected chi connectivity index (χ3v) is 6.90. The predicted molar refractivity (Wildman–Crippen MR) is 151 cm³/mol. The summed E-state index contributed by atoms with van der Waals surface area (Å²) < 4.78 is 9.08. The maximum Gasteiger partial charge on any atom is 0.273 e. The van der Waals surface area contributed by atoms with Gasteiger partial charge in [0.15, 0.2) is 5.69 Å². The summed E-state index contributed by atoms with van der Waals surface area (Å²) in [6.45, 7) is 4.70. The van der Waals surface area contributed by atoms with Gasteiger partial charge in [-0.25, -0.2) is 0 Å². The highest BCUT2D eigenvalue weighted by atomic mass is 32.1. The van der Waals surface area contributed by atoms with Crippen molar-refractivity contribution in [3.05, 3.63) is 70.2 Å². The van der Waals surface area contributed by atoms with E-state index in [-0.39, 0.29) is 28.7 Å². The molecule has 0 saturated heterocycles. The molecule has 0 saturated carbocycles. The number of methoxy groups -OCH3 is 1. The van der Waals surface area contributed by atoms with E-state index < -0.39 is 23.8 Å². The van der Waals surface area contributed by atoms with Gasteiger partial charge in [0.25, 0.3) is 11.8 Å². The number of hydrogen-bond donors (Lipinski definition) is 3. The molecule has 3 rings (SSSR count). The minimum Gasteiger partial charge on any atom is -0.395 e. The number of nitrogens with one attached hydrogen (secondary N) is 1. The van der Waals surface area contributed by atoms with Gasteiger partial charge in [0, 0.05) is 39.1 Å².